The molecule has 0 aromatic heterocycles. The zero-order valence-electron chi connectivity index (χ0n) is 11.7. The lowest BCUT2D eigenvalue weighted by Crippen LogP contribution is -2.24. The molecule has 0 saturated heterocycles. The van der Waals surface area contributed by atoms with Crippen LogP contribution in [0.1, 0.15) is 16.7 Å². The number of aryl methyl sites for hydroxylation is 2. The highest BCUT2D eigenvalue weighted by molar-refractivity contribution is 7.89. The Labute approximate surface area is 128 Å². The highest BCUT2D eigenvalue weighted by Gasteiger charge is 2.17. The first-order chi connectivity index (χ1) is 9.79. The van der Waals surface area contributed by atoms with Gasteiger partial charge in [0.25, 0.3) is 0 Å². The summed E-state index contributed by atoms with van der Waals surface area (Å²) in [5, 5.41) is 0.532. The van der Waals surface area contributed by atoms with E-state index in [0.717, 1.165) is 0 Å². The Morgan fingerprint density at radius 3 is 2.33 bits per heavy atom. The predicted molar refractivity (Wildman–Crippen MR) is 81.4 cm³/mol. The molecule has 21 heavy (non-hydrogen) atoms. The summed E-state index contributed by atoms with van der Waals surface area (Å²) >= 11 is 5.97. The van der Waals surface area contributed by atoms with E-state index in [2.05, 4.69) is 4.72 Å². The quantitative estimate of drug-likeness (QED) is 0.933. The number of nitrogens with one attached hydrogen (secondary N) is 1. The molecule has 0 aliphatic heterocycles. The van der Waals surface area contributed by atoms with Crippen molar-refractivity contribution in [3.05, 3.63) is 63.9 Å². The normalized spacial score (nSPS) is 11.6. The topological polar surface area (TPSA) is 46.2 Å². The molecule has 0 amide bonds. The van der Waals surface area contributed by atoms with Crippen molar-refractivity contribution in [2.75, 3.05) is 0 Å². The van der Waals surface area contributed by atoms with E-state index >= 15 is 0 Å². The Kier molecular flexibility index (Phi) is 4.66. The average Bonchev–Trinajstić information content (AvgIpc) is 2.42. The summed E-state index contributed by atoms with van der Waals surface area (Å²) in [6.07, 6.45) is 0. The van der Waals surface area contributed by atoms with Crippen LogP contribution in [0.3, 0.4) is 0 Å². The molecule has 0 unspecified atom stereocenters. The summed E-state index contributed by atoms with van der Waals surface area (Å²) in [6.45, 7) is 3.54. The van der Waals surface area contributed by atoms with E-state index in [9.17, 15) is 12.8 Å². The number of sulfonamides is 1. The van der Waals surface area contributed by atoms with Gasteiger partial charge in [0, 0.05) is 11.6 Å². The second-order valence-electron chi connectivity index (χ2n) is 4.82. The molecule has 6 heteroatoms. The third-order valence-electron chi connectivity index (χ3n) is 3.13. The fourth-order valence-electron chi connectivity index (χ4n) is 1.90. The molecular weight excluding hydrogens is 313 g/mol. The molecular formula is C15H15ClFNO2S. The molecule has 0 atom stereocenters. The van der Waals surface area contributed by atoms with Gasteiger partial charge in [-0.1, -0.05) is 23.7 Å². The highest BCUT2D eigenvalue weighted by Crippen LogP contribution is 2.23. The van der Waals surface area contributed by atoms with Crippen molar-refractivity contribution < 1.29 is 12.8 Å². The Morgan fingerprint density at radius 2 is 1.71 bits per heavy atom. The first kappa shape index (κ1) is 15.9. The molecule has 0 heterocycles. The van der Waals surface area contributed by atoms with E-state index in [4.69, 9.17) is 11.6 Å². The number of halogens is 2. The van der Waals surface area contributed by atoms with Crippen LogP contribution in [0.2, 0.25) is 5.02 Å². The molecule has 0 radical (unpaired) electrons. The molecule has 2 aromatic rings. The second kappa shape index (κ2) is 6.13. The van der Waals surface area contributed by atoms with Crippen LogP contribution in [0.25, 0.3) is 0 Å². The van der Waals surface area contributed by atoms with Crippen molar-refractivity contribution in [1.29, 1.82) is 0 Å². The summed E-state index contributed by atoms with van der Waals surface area (Å²) in [5.41, 5.74) is 1.96. The van der Waals surface area contributed by atoms with Gasteiger partial charge in [0.1, 0.15) is 5.82 Å². The Bertz CT molecular complexity index is 758. The van der Waals surface area contributed by atoms with Crippen LogP contribution < -0.4 is 4.72 Å². The zero-order chi connectivity index (χ0) is 15.6. The zero-order valence-corrected chi connectivity index (χ0v) is 13.2. The van der Waals surface area contributed by atoms with Gasteiger partial charge in [0.05, 0.1) is 4.90 Å². The fraction of sp³-hybridized carbons (Fsp3) is 0.200. The van der Waals surface area contributed by atoms with Gasteiger partial charge in [0.2, 0.25) is 10.0 Å². The first-order valence-corrected chi connectivity index (χ1v) is 8.16. The summed E-state index contributed by atoms with van der Waals surface area (Å²) in [4.78, 5) is 0.200. The van der Waals surface area contributed by atoms with Crippen molar-refractivity contribution in [2.45, 2.75) is 25.3 Å². The maximum Gasteiger partial charge on any atom is 0.241 e. The maximum absolute atomic E-state index is 12.8. The van der Waals surface area contributed by atoms with E-state index in [1.54, 1.807) is 26.0 Å². The number of hydrogen-bond donors (Lipinski definition) is 1. The number of rotatable bonds is 4. The van der Waals surface area contributed by atoms with Gasteiger partial charge in [-0.25, -0.2) is 17.5 Å². The van der Waals surface area contributed by atoms with Gasteiger partial charge in [-0.3, -0.25) is 0 Å². The van der Waals surface area contributed by atoms with E-state index in [1.165, 1.54) is 24.3 Å². The summed E-state index contributed by atoms with van der Waals surface area (Å²) in [5.74, 6) is -0.356. The van der Waals surface area contributed by atoms with Crippen molar-refractivity contribution in [2.24, 2.45) is 0 Å². The Morgan fingerprint density at radius 1 is 1.10 bits per heavy atom. The molecule has 112 valence electrons. The van der Waals surface area contributed by atoms with E-state index in [-0.39, 0.29) is 17.3 Å². The third-order valence-corrected chi connectivity index (χ3v) is 5.08. The van der Waals surface area contributed by atoms with Crippen molar-refractivity contribution in [3.8, 4) is 0 Å². The molecule has 0 bridgehead atoms. The minimum atomic E-state index is -3.64. The van der Waals surface area contributed by atoms with Crippen LogP contribution >= 0.6 is 11.6 Å². The van der Waals surface area contributed by atoms with E-state index in [0.29, 0.717) is 21.7 Å². The van der Waals surface area contributed by atoms with Crippen LogP contribution in [0.5, 0.6) is 0 Å². The lowest BCUT2D eigenvalue weighted by molar-refractivity contribution is 0.580. The van der Waals surface area contributed by atoms with Crippen LogP contribution in [-0.2, 0) is 16.6 Å². The average molecular weight is 328 g/mol. The Balaban J connectivity index is 2.22. The fourth-order valence-corrected chi connectivity index (χ4v) is 3.45. The molecule has 0 saturated carbocycles. The smallest absolute Gasteiger partial charge is 0.207 e. The second-order valence-corrected chi connectivity index (χ2v) is 6.96. The number of benzene rings is 2. The molecule has 0 aliphatic rings. The molecule has 0 aliphatic carbocycles. The monoisotopic (exact) mass is 327 g/mol. The van der Waals surface area contributed by atoms with Crippen molar-refractivity contribution >= 4 is 21.6 Å². The van der Waals surface area contributed by atoms with E-state index in [1.807, 2.05) is 0 Å². The van der Waals surface area contributed by atoms with Crippen LogP contribution in [0.4, 0.5) is 4.39 Å². The van der Waals surface area contributed by atoms with Gasteiger partial charge >= 0.3 is 0 Å². The molecule has 3 nitrogen and oxygen atoms in total. The summed E-state index contributed by atoms with van der Waals surface area (Å²) in [7, 11) is -3.64. The molecule has 2 aromatic carbocycles. The lowest BCUT2D eigenvalue weighted by Gasteiger charge is -2.11. The lowest BCUT2D eigenvalue weighted by atomic mass is 10.2. The largest absolute Gasteiger partial charge is 0.241 e. The molecule has 2 rings (SSSR count). The van der Waals surface area contributed by atoms with Gasteiger partial charge in [-0.15, -0.1) is 0 Å². The SMILES string of the molecule is Cc1cc(S(=O)(=O)NCc2ccc(F)cc2)c(C)cc1Cl. The van der Waals surface area contributed by atoms with E-state index < -0.39 is 10.0 Å². The first-order valence-electron chi connectivity index (χ1n) is 6.30. The van der Waals surface area contributed by atoms with Gasteiger partial charge in [-0.05, 0) is 54.8 Å². The van der Waals surface area contributed by atoms with Crippen molar-refractivity contribution in [3.63, 3.8) is 0 Å². The number of hydrogen-bond acceptors (Lipinski definition) is 2. The standard InChI is InChI=1S/C15H15ClFNO2S/c1-10-8-15(11(2)7-14(10)16)21(19,20)18-9-12-3-5-13(17)6-4-12/h3-8,18H,9H2,1-2H3. The predicted octanol–water partition coefficient (Wildman–Crippen LogP) is 3.57. The highest BCUT2D eigenvalue weighted by atomic mass is 35.5. The van der Waals surface area contributed by atoms with Crippen LogP contribution in [0.15, 0.2) is 41.3 Å². The molecule has 0 spiro atoms. The molecule has 1 N–H and O–H groups in total. The molecule has 0 fully saturated rings. The third kappa shape index (κ3) is 3.81. The maximum atomic E-state index is 12.8. The van der Waals surface area contributed by atoms with Crippen molar-refractivity contribution in [1.82, 2.24) is 4.72 Å². The van der Waals surface area contributed by atoms with Crippen LogP contribution in [0, 0.1) is 19.7 Å². The minimum Gasteiger partial charge on any atom is -0.207 e. The summed E-state index contributed by atoms with van der Waals surface area (Å²) in [6, 6.07) is 8.84. The van der Waals surface area contributed by atoms with Crippen LogP contribution in [-0.4, -0.2) is 8.42 Å². The minimum absolute atomic E-state index is 0.101. The van der Waals surface area contributed by atoms with Gasteiger partial charge in [0.15, 0.2) is 0 Å². The Hall–Kier alpha value is -1.43. The van der Waals surface area contributed by atoms with Gasteiger partial charge in [-0.2, -0.15) is 0 Å². The summed E-state index contributed by atoms with van der Waals surface area (Å²) < 4.78 is 40.0. The van der Waals surface area contributed by atoms with Gasteiger partial charge < -0.3 is 0 Å².